The van der Waals surface area contributed by atoms with Gasteiger partial charge in [-0.2, -0.15) is 8.42 Å². The number of benzene rings is 1. The zero-order chi connectivity index (χ0) is 15.6. The summed E-state index contributed by atoms with van der Waals surface area (Å²) < 4.78 is 34.9. The zero-order valence-electron chi connectivity index (χ0n) is 16.8. The maximum Gasteiger partial charge on any atom is 1.00 e. The monoisotopic (exact) mass is 362 g/mol. The maximum absolute atomic E-state index is 10.8. The van der Waals surface area contributed by atoms with E-state index < -0.39 is 10.4 Å². The average Bonchev–Trinajstić information content (AvgIpc) is 2.42. The van der Waals surface area contributed by atoms with Gasteiger partial charge in [-0.25, -0.2) is 0 Å². The van der Waals surface area contributed by atoms with Gasteiger partial charge >= 0.3 is 69.5 Å². The van der Waals surface area contributed by atoms with Crippen LogP contribution in [0.4, 0.5) is 0 Å². The van der Waals surface area contributed by atoms with E-state index in [2.05, 4.69) is 11.1 Å². The molecule has 0 atom stereocenters. The van der Waals surface area contributed by atoms with E-state index in [1.165, 1.54) is 38.5 Å². The van der Waals surface area contributed by atoms with Gasteiger partial charge in [0.1, 0.15) is 5.75 Å². The molecule has 0 aliphatic rings. The van der Waals surface area contributed by atoms with Crippen LogP contribution in [0, 0.1) is 0 Å². The molecule has 7 heteroatoms. The SMILES string of the molecule is CCCCCCCCCCc1ccccc1OS(=O)(=O)O.[H-].[H-].[Na+].[Na+]. The van der Waals surface area contributed by atoms with Crippen molar-refractivity contribution in [2.75, 3.05) is 0 Å². The van der Waals surface area contributed by atoms with Gasteiger partial charge in [-0.3, -0.25) is 4.55 Å². The Balaban J connectivity index is -0.000000551. The molecule has 0 heterocycles. The third-order valence-corrected chi connectivity index (χ3v) is 3.86. The Hall–Kier alpha value is 0.930. The first-order chi connectivity index (χ1) is 10.0. The van der Waals surface area contributed by atoms with Gasteiger partial charge in [0.15, 0.2) is 0 Å². The van der Waals surface area contributed by atoms with Crippen molar-refractivity contribution in [2.24, 2.45) is 0 Å². The Kier molecular flexibility index (Phi) is 17.3. The van der Waals surface area contributed by atoms with Gasteiger partial charge in [0.25, 0.3) is 0 Å². The van der Waals surface area contributed by atoms with Gasteiger partial charge in [0.2, 0.25) is 0 Å². The van der Waals surface area contributed by atoms with Gasteiger partial charge in [-0.15, -0.1) is 0 Å². The van der Waals surface area contributed by atoms with Crippen LogP contribution in [0.25, 0.3) is 0 Å². The van der Waals surface area contributed by atoms with Gasteiger partial charge in [0, 0.05) is 0 Å². The molecule has 1 aromatic carbocycles. The van der Waals surface area contributed by atoms with Crippen LogP contribution in [0.5, 0.6) is 5.75 Å². The summed E-state index contributed by atoms with van der Waals surface area (Å²) in [4.78, 5) is 0. The van der Waals surface area contributed by atoms with Crippen LogP contribution in [0.2, 0.25) is 0 Å². The Morgan fingerprint density at radius 3 is 2.04 bits per heavy atom. The summed E-state index contributed by atoms with van der Waals surface area (Å²) in [5, 5.41) is 0. The second-order valence-electron chi connectivity index (χ2n) is 5.34. The predicted octanol–water partition coefficient (Wildman–Crippen LogP) is -1.22. The van der Waals surface area contributed by atoms with E-state index in [4.69, 9.17) is 4.55 Å². The summed E-state index contributed by atoms with van der Waals surface area (Å²) >= 11 is 0. The summed E-state index contributed by atoms with van der Waals surface area (Å²) in [5.41, 5.74) is 0.820. The minimum absolute atomic E-state index is 0. The van der Waals surface area contributed by atoms with Crippen molar-refractivity contribution in [3.8, 4) is 5.75 Å². The minimum atomic E-state index is -4.45. The normalized spacial score (nSPS) is 10.5. The van der Waals surface area contributed by atoms with Crippen LogP contribution in [0.1, 0.15) is 66.7 Å². The molecule has 0 saturated carbocycles. The second-order valence-corrected chi connectivity index (χ2v) is 6.37. The maximum atomic E-state index is 10.8. The topological polar surface area (TPSA) is 63.6 Å². The Morgan fingerprint density at radius 1 is 0.957 bits per heavy atom. The number of para-hydroxylation sites is 1. The van der Waals surface area contributed by atoms with E-state index in [0.29, 0.717) is 0 Å². The van der Waals surface area contributed by atoms with Crippen molar-refractivity contribution in [1.82, 2.24) is 0 Å². The average molecular weight is 362 g/mol. The van der Waals surface area contributed by atoms with E-state index in [-0.39, 0.29) is 67.7 Å². The van der Waals surface area contributed by atoms with E-state index in [1.54, 1.807) is 12.1 Å². The molecular formula is C16H28Na2O4S. The number of hydrogen-bond donors (Lipinski definition) is 1. The first kappa shape index (κ1) is 26.2. The molecule has 0 saturated heterocycles. The molecule has 1 N–H and O–H groups in total. The third-order valence-electron chi connectivity index (χ3n) is 3.47. The van der Waals surface area contributed by atoms with Crippen molar-refractivity contribution in [3.05, 3.63) is 29.8 Å². The molecule has 0 aliphatic carbocycles. The minimum Gasteiger partial charge on any atom is -1.00 e. The molecule has 0 fully saturated rings. The molecule has 0 unspecified atom stereocenters. The molecule has 124 valence electrons. The van der Waals surface area contributed by atoms with E-state index in [0.717, 1.165) is 24.8 Å². The van der Waals surface area contributed by atoms with Crippen molar-refractivity contribution >= 4 is 10.4 Å². The Bertz CT molecular complexity index is 517. The third kappa shape index (κ3) is 13.9. The summed E-state index contributed by atoms with van der Waals surface area (Å²) in [6, 6.07) is 6.93. The molecule has 0 aliphatic heterocycles. The second kappa shape index (κ2) is 15.2. The zero-order valence-corrected chi connectivity index (χ0v) is 19.6. The number of rotatable bonds is 11. The van der Waals surface area contributed by atoms with Crippen LogP contribution in [-0.2, 0) is 16.8 Å². The van der Waals surface area contributed by atoms with Crippen molar-refractivity contribution in [3.63, 3.8) is 0 Å². The van der Waals surface area contributed by atoms with Crippen LogP contribution >= 0.6 is 0 Å². The summed E-state index contributed by atoms with van der Waals surface area (Å²) in [5.74, 6) is 0.225. The van der Waals surface area contributed by atoms with E-state index in [1.807, 2.05) is 12.1 Å². The van der Waals surface area contributed by atoms with E-state index >= 15 is 0 Å². The molecule has 0 radical (unpaired) electrons. The first-order valence-corrected chi connectivity index (χ1v) is 9.14. The van der Waals surface area contributed by atoms with Crippen LogP contribution in [-0.4, -0.2) is 13.0 Å². The van der Waals surface area contributed by atoms with Crippen LogP contribution in [0.3, 0.4) is 0 Å². The molecule has 0 aromatic heterocycles. The first-order valence-electron chi connectivity index (χ1n) is 7.77. The quantitative estimate of drug-likeness (QED) is 0.305. The fourth-order valence-corrected chi connectivity index (χ4v) is 2.74. The van der Waals surface area contributed by atoms with Gasteiger partial charge in [0.05, 0.1) is 0 Å². The van der Waals surface area contributed by atoms with Gasteiger partial charge < -0.3 is 7.04 Å². The van der Waals surface area contributed by atoms with Gasteiger partial charge in [-0.1, -0.05) is 70.1 Å². The van der Waals surface area contributed by atoms with Crippen molar-refractivity contribution in [1.29, 1.82) is 0 Å². The Labute approximate surface area is 188 Å². The molecule has 1 aromatic rings. The molecular weight excluding hydrogens is 334 g/mol. The summed E-state index contributed by atoms with van der Waals surface area (Å²) in [6.07, 6.45) is 10.6. The predicted molar refractivity (Wildman–Crippen MR) is 87.2 cm³/mol. The molecule has 4 nitrogen and oxygen atoms in total. The molecule has 0 spiro atoms. The number of unbranched alkanes of at least 4 members (excludes halogenated alkanes) is 7. The Morgan fingerprint density at radius 2 is 1.48 bits per heavy atom. The van der Waals surface area contributed by atoms with Crippen LogP contribution in [0.15, 0.2) is 24.3 Å². The van der Waals surface area contributed by atoms with Crippen molar-refractivity contribution in [2.45, 2.75) is 64.7 Å². The fourth-order valence-electron chi connectivity index (χ4n) is 2.35. The van der Waals surface area contributed by atoms with E-state index in [9.17, 15) is 8.42 Å². The smallest absolute Gasteiger partial charge is 1.00 e. The standard InChI is InChI=1S/C16H26O4S.2Na.2H/c1-2-3-4-5-6-7-8-9-12-15-13-10-11-14-16(15)20-21(17,18)19;;;;/h10-11,13-14H,2-9,12H2,1H3,(H,17,18,19);;;;/q;2*+1;2*-1. The van der Waals surface area contributed by atoms with Gasteiger partial charge in [-0.05, 0) is 24.5 Å². The molecule has 1 rings (SSSR count). The summed E-state index contributed by atoms with van der Waals surface area (Å²) in [6.45, 7) is 2.21. The fraction of sp³-hybridized carbons (Fsp3) is 0.625. The molecule has 0 bridgehead atoms. The number of hydrogen-bond acceptors (Lipinski definition) is 3. The molecule has 0 amide bonds. The summed E-state index contributed by atoms with van der Waals surface area (Å²) in [7, 11) is -4.45. The number of aryl methyl sites for hydroxylation is 1. The van der Waals surface area contributed by atoms with Crippen molar-refractivity contribution < 1.29 is 79.1 Å². The van der Waals surface area contributed by atoms with Crippen LogP contribution < -0.4 is 63.3 Å². The largest absolute Gasteiger partial charge is 1.00 e. The molecule has 23 heavy (non-hydrogen) atoms.